The Morgan fingerprint density at radius 2 is 1.55 bits per heavy atom. The van der Waals surface area contributed by atoms with E-state index in [-0.39, 0.29) is 5.56 Å². The molecule has 1 heterocycles. The highest BCUT2D eigenvalue weighted by molar-refractivity contribution is 5.65. The van der Waals surface area contributed by atoms with Crippen molar-refractivity contribution in [3.05, 3.63) is 58.9 Å². The molecule has 0 bridgehead atoms. The van der Waals surface area contributed by atoms with Crippen LogP contribution in [0, 0.1) is 24.4 Å². The number of aryl methyl sites for hydroxylation is 1. The number of halogens is 3. The number of hydrogen-bond donors (Lipinski definition) is 5. The fraction of sp³-hybridized carbons (Fsp3) is 0.400. The van der Waals surface area contributed by atoms with Gasteiger partial charge in [0.2, 0.25) is 0 Å². The van der Waals surface area contributed by atoms with Crippen molar-refractivity contribution in [2.24, 2.45) is 0 Å². The molecule has 0 radical (unpaired) electrons. The molecule has 2 unspecified atom stereocenters. The van der Waals surface area contributed by atoms with E-state index in [0.717, 1.165) is 12.1 Å². The maximum absolute atomic E-state index is 13.5. The van der Waals surface area contributed by atoms with Crippen LogP contribution >= 0.6 is 0 Å². The van der Waals surface area contributed by atoms with Crippen LogP contribution in [0.5, 0.6) is 0 Å². The van der Waals surface area contributed by atoms with Crippen molar-refractivity contribution in [1.29, 1.82) is 0 Å². The number of benzene rings is 2. The first-order valence-corrected chi connectivity index (χ1v) is 8.89. The average Bonchev–Trinajstić information content (AvgIpc) is 2.69. The zero-order valence-electron chi connectivity index (χ0n) is 15.3. The first-order chi connectivity index (χ1) is 13.6. The highest BCUT2D eigenvalue weighted by Gasteiger charge is 2.46. The van der Waals surface area contributed by atoms with Crippen molar-refractivity contribution in [2.75, 3.05) is 6.61 Å². The van der Waals surface area contributed by atoms with Gasteiger partial charge in [0.05, 0.1) is 6.61 Å². The Morgan fingerprint density at radius 3 is 2.10 bits per heavy atom. The summed E-state index contributed by atoms with van der Waals surface area (Å²) >= 11 is 0. The lowest BCUT2D eigenvalue weighted by atomic mass is 9.88. The van der Waals surface area contributed by atoms with Crippen LogP contribution in [-0.2, 0) is 4.74 Å². The Morgan fingerprint density at radius 1 is 0.931 bits per heavy atom. The number of aliphatic hydroxyl groups is 5. The lowest BCUT2D eigenvalue weighted by molar-refractivity contribution is -0.250. The van der Waals surface area contributed by atoms with Crippen LogP contribution < -0.4 is 0 Å². The summed E-state index contributed by atoms with van der Waals surface area (Å²) in [5.74, 6) is -4.23. The maximum Gasteiger partial charge on any atom is 0.194 e. The number of ether oxygens (including phenoxy) is 1. The molecule has 6 nitrogen and oxygen atoms in total. The van der Waals surface area contributed by atoms with Crippen LogP contribution in [0.2, 0.25) is 0 Å². The van der Waals surface area contributed by atoms with Crippen molar-refractivity contribution in [3.8, 4) is 11.1 Å². The van der Waals surface area contributed by atoms with E-state index in [2.05, 4.69) is 0 Å². The first-order valence-electron chi connectivity index (χ1n) is 8.89. The van der Waals surface area contributed by atoms with E-state index in [1.807, 2.05) is 0 Å². The Hall–Kier alpha value is -2.01. The largest absolute Gasteiger partial charge is 0.394 e. The van der Waals surface area contributed by atoms with Gasteiger partial charge in [0, 0.05) is 0 Å². The minimum atomic E-state index is -1.63. The maximum atomic E-state index is 13.5. The molecule has 2 aromatic rings. The van der Waals surface area contributed by atoms with Gasteiger partial charge in [0.1, 0.15) is 36.6 Å². The molecule has 0 spiro atoms. The molecule has 1 aliphatic heterocycles. The SMILES string of the molecule is Cc1cc(-c2cc(F)c(F)c(F)c2)ccc1[C@@H](O)[C@H]1O[C@H](CO)[C@@H](O)C(O)C1O. The Balaban J connectivity index is 1.90. The van der Waals surface area contributed by atoms with E-state index in [4.69, 9.17) is 4.74 Å². The molecule has 0 amide bonds. The van der Waals surface area contributed by atoms with Gasteiger partial charge in [-0.3, -0.25) is 0 Å². The van der Waals surface area contributed by atoms with Gasteiger partial charge in [-0.1, -0.05) is 18.2 Å². The minimum absolute atomic E-state index is 0.0957. The standard InChI is InChI=1S/C20H21F3O6/c1-8-4-9(10-5-12(21)15(23)13(22)6-10)2-3-11(8)16(25)20-19(28)18(27)17(26)14(7-24)29-20/h2-6,14,16-20,24-28H,7H2,1H3/t14-,16-,17-,18?,19?,20-/m1/s1. The van der Waals surface area contributed by atoms with Gasteiger partial charge in [0.25, 0.3) is 0 Å². The van der Waals surface area contributed by atoms with Gasteiger partial charge in [-0.15, -0.1) is 0 Å². The molecule has 3 rings (SSSR count). The van der Waals surface area contributed by atoms with Crippen LogP contribution in [-0.4, -0.2) is 62.7 Å². The molecular formula is C20H21F3O6. The van der Waals surface area contributed by atoms with E-state index >= 15 is 0 Å². The van der Waals surface area contributed by atoms with Gasteiger partial charge < -0.3 is 30.3 Å². The van der Waals surface area contributed by atoms with E-state index < -0.39 is 60.7 Å². The summed E-state index contributed by atoms with van der Waals surface area (Å²) in [5, 5.41) is 49.8. The minimum Gasteiger partial charge on any atom is -0.394 e. The van der Waals surface area contributed by atoms with E-state index in [1.165, 1.54) is 18.2 Å². The highest BCUT2D eigenvalue weighted by Crippen LogP contribution is 2.33. The third-order valence-electron chi connectivity index (χ3n) is 5.15. The fourth-order valence-corrected chi connectivity index (χ4v) is 3.48. The second kappa shape index (κ2) is 8.39. The quantitative estimate of drug-likeness (QED) is 0.477. The molecule has 5 N–H and O–H groups in total. The normalized spacial score (nSPS) is 28.4. The van der Waals surface area contributed by atoms with E-state index in [1.54, 1.807) is 6.92 Å². The van der Waals surface area contributed by atoms with Gasteiger partial charge in [0.15, 0.2) is 17.5 Å². The molecule has 0 saturated carbocycles. The average molecular weight is 414 g/mol. The molecular weight excluding hydrogens is 393 g/mol. The molecule has 29 heavy (non-hydrogen) atoms. The van der Waals surface area contributed by atoms with Crippen LogP contribution in [0.1, 0.15) is 17.2 Å². The van der Waals surface area contributed by atoms with E-state index in [9.17, 15) is 38.7 Å². The molecule has 1 saturated heterocycles. The Labute approximate surface area is 164 Å². The van der Waals surface area contributed by atoms with Crippen LogP contribution in [0.15, 0.2) is 30.3 Å². The topological polar surface area (TPSA) is 110 Å². The van der Waals surface area contributed by atoms with Crippen molar-refractivity contribution in [2.45, 2.75) is 43.5 Å². The Kier molecular flexibility index (Phi) is 6.27. The fourth-order valence-electron chi connectivity index (χ4n) is 3.48. The number of rotatable bonds is 4. The third kappa shape index (κ3) is 4.02. The first kappa shape index (κ1) is 21.7. The number of hydrogen-bond acceptors (Lipinski definition) is 6. The second-order valence-electron chi connectivity index (χ2n) is 7.06. The predicted molar refractivity (Wildman–Crippen MR) is 95.2 cm³/mol. The monoisotopic (exact) mass is 414 g/mol. The summed E-state index contributed by atoms with van der Waals surface area (Å²) in [6, 6.07) is 6.09. The second-order valence-corrected chi connectivity index (χ2v) is 7.06. The third-order valence-corrected chi connectivity index (χ3v) is 5.15. The predicted octanol–water partition coefficient (Wildman–Crippen LogP) is 0.955. The zero-order chi connectivity index (χ0) is 21.5. The molecule has 0 aliphatic carbocycles. The summed E-state index contributed by atoms with van der Waals surface area (Å²) in [7, 11) is 0. The lowest BCUT2D eigenvalue weighted by Gasteiger charge is -2.42. The van der Waals surface area contributed by atoms with Gasteiger partial charge >= 0.3 is 0 Å². The van der Waals surface area contributed by atoms with Crippen LogP contribution in [0.4, 0.5) is 13.2 Å². The summed E-state index contributed by atoms with van der Waals surface area (Å²) in [6.45, 7) is 0.968. The highest BCUT2D eigenvalue weighted by atomic mass is 19.2. The summed E-state index contributed by atoms with van der Waals surface area (Å²) in [5.41, 5.74) is 1.22. The molecule has 6 atom stereocenters. The van der Waals surface area contributed by atoms with Gasteiger partial charge in [-0.05, 0) is 41.3 Å². The molecule has 1 aliphatic rings. The smallest absolute Gasteiger partial charge is 0.194 e. The van der Waals surface area contributed by atoms with Crippen LogP contribution in [0.3, 0.4) is 0 Å². The molecule has 158 valence electrons. The Bertz CT molecular complexity index is 868. The molecule has 9 heteroatoms. The van der Waals surface area contributed by atoms with Crippen LogP contribution in [0.25, 0.3) is 11.1 Å². The molecule has 2 aromatic carbocycles. The van der Waals surface area contributed by atoms with Crippen molar-refractivity contribution in [1.82, 2.24) is 0 Å². The van der Waals surface area contributed by atoms with Gasteiger partial charge in [-0.2, -0.15) is 0 Å². The summed E-state index contributed by atoms with van der Waals surface area (Å²) in [6.07, 6.45) is -8.75. The molecule has 1 fully saturated rings. The summed E-state index contributed by atoms with van der Waals surface area (Å²) < 4.78 is 45.5. The lowest BCUT2D eigenvalue weighted by Crippen LogP contribution is -2.59. The zero-order valence-corrected chi connectivity index (χ0v) is 15.3. The van der Waals surface area contributed by atoms with Gasteiger partial charge in [-0.25, -0.2) is 13.2 Å². The van der Waals surface area contributed by atoms with Crippen molar-refractivity contribution >= 4 is 0 Å². The molecule has 0 aromatic heterocycles. The van der Waals surface area contributed by atoms with Crippen molar-refractivity contribution in [3.63, 3.8) is 0 Å². The van der Waals surface area contributed by atoms with E-state index in [0.29, 0.717) is 16.7 Å². The summed E-state index contributed by atoms with van der Waals surface area (Å²) in [4.78, 5) is 0. The number of aliphatic hydroxyl groups excluding tert-OH is 5. The van der Waals surface area contributed by atoms with Crippen molar-refractivity contribution < 1.29 is 43.4 Å².